The van der Waals surface area contributed by atoms with E-state index in [2.05, 4.69) is 24.3 Å². The molecule has 27 heavy (non-hydrogen) atoms. The number of rotatable bonds is 7. The number of hydrogen-bond donors (Lipinski definition) is 1. The smallest absolute Gasteiger partial charge is 0.229 e. The van der Waals surface area contributed by atoms with E-state index in [-0.39, 0.29) is 0 Å². The van der Waals surface area contributed by atoms with Crippen molar-refractivity contribution in [2.24, 2.45) is 5.11 Å². The van der Waals surface area contributed by atoms with E-state index in [1.54, 1.807) is 12.1 Å². The van der Waals surface area contributed by atoms with Crippen LogP contribution in [-0.2, 0) is 22.9 Å². The monoisotopic (exact) mass is 384 g/mol. The summed E-state index contributed by atoms with van der Waals surface area (Å²) in [5.41, 5.74) is 12.6. The minimum Gasteiger partial charge on any atom is -0.296 e. The molecule has 9 heteroatoms. The van der Waals surface area contributed by atoms with Crippen molar-refractivity contribution in [3.63, 3.8) is 0 Å². The molecule has 0 aliphatic heterocycles. The van der Waals surface area contributed by atoms with Gasteiger partial charge in [0.2, 0.25) is 10.0 Å². The summed E-state index contributed by atoms with van der Waals surface area (Å²) in [6.07, 6.45) is 2.55. The first-order chi connectivity index (χ1) is 12.9. The predicted octanol–water partition coefficient (Wildman–Crippen LogP) is 3.81. The van der Waals surface area contributed by atoms with Crippen LogP contribution in [0.3, 0.4) is 0 Å². The molecule has 1 heterocycles. The topological polar surface area (TPSA) is 113 Å². The van der Waals surface area contributed by atoms with Crippen LogP contribution in [0.15, 0.2) is 47.6 Å². The van der Waals surface area contributed by atoms with Gasteiger partial charge in [-0.05, 0) is 47.8 Å². The minimum absolute atomic E-state index is 0.431. The van der Waals surface area contributed by atoms with Crippen molar-refractivity contribution in [3.8, 4) is 5.69 Å². The van der Waals surface area contributed by atoms with Gasteiger partial charge in [-0.15, -0.1) is 0 Å². The highest BCUT2D eigenvalue weighted by Crippen LogP contribution is 2.25. The number of sulfonamides is 1. The van der Waals surface area contributed by atoms with Gasteiger partial charge < -0.3 is 0 Å². The van der Waals surface area contributed by atoms with Crippen LogP contribution in [0.25, 0.3) is 27.2 Å². The lowest BCUT2D eigenvalue weighted by Gasteiger charge is -2.10. The quantitative estimate of drug-likeness (QED) is 0.379. The van der Waals surface area contributed by atoms with Crippen LogP contribution < -0.4 is 4.72 Å². The van der Waals surface area contributed by atoms with Crippen LogP contribution in [0.5, 0.6) is 0 Å². The molecule has 1 aromatic heterocycles. The third-order valence-corrected chi connectivity index (χ3v) is 4.71. The number of benzene rings is 2. The minimum atomic E-state index is -3.34. The van der Waals surface area contributed by atoms with E-state index >= 15 is 0 Å². The Labute approximate surface area is 157 Å². The maximum atomic E-state index is 11.4. The highest BCUT2D eigenvalue weighted by Gasteiger charge is 2.13. The van der Waals surface area contributed by atoms with Crippen LogP contribution in [0, 0.1) is 0 Å². The normalized spacial score (nSPS) is 11.3. The van der Waals surface area contributed by atoms with Crippen molar-refractivity contribution in [3.05, 3.63) is 64.3 Å². The number of anilines is 1. The first-order valence-electron chi connectivity index (χ1n) is 8.50. The van der Waals surface area contributed by atoms with Crippen molar-refractivity contribution < 1.29 is 8.42 Å². The molecule has 1 N–H and O–H groups in total. The van der Waals surface area contributed by atoms with Crippen LogP contribution >= 0.6 is 0 Å². The van der Waals surface area contributed by atoms with Crippen molar-refractivity contribution in [2.45, 2.75) is 19.8 Å². The Kier molecular flexibility index (Phi) is 5.34. The highest BCUT2D eigenvalue weighted by atomic mass is 32.2. The lowest BCUT2D eigenvalue weighted by molar-refractivity contribution is 0.607. The van der Waals surface area contributed by atoms with E-state index in [9.17, 15) is 8.42 Å². The van der Waals surface area contributed by atoms with Gasteiger partial charge in [-0.2, -0.15) is 0 Å². The summed E-state index contributed by atoms with van der Waals surface area (Å²) in [7, 11) is -3.34. The third-order valence-electron chi connectivity index (χ3n) is 4.10. The zero-order valence-electron chi connectivity index (χ0n) is 15.1. The summed E-state index contributed by atoms with van der Waals surface area (Å²) in [5.74, 6) is 0.892. The maximum Gasteiger partial charge on any atom is 0.229 e. The molecule has 140 valence electrons. The summed E-state index contributed by atoms with van der Waals surface area (Å²) in [5, 5.41) is 3.56. The molecular formula is C18H20N6O2S. The molecule has 2 aromatic carbocycles. The summed E-state index contributed by atoms with van der Waals surface area (Å²) < 4.78 is 27.4. The molecule has 0 unspecified atom stereocenters. The second-order valence-corrected chi connectivity index (χ2v) is 7.91. The van der Waals surface area contributed by atoms with Gasteiger partial charge in [-0.1, -0.05) is 24.2 Å². The van der Waals surface area contributed by atoms with Gasteiger partial charge in [-0.25, -0.2) is 13.4 Å². The Morgan fingerprint density at radius 1 is 1.22 bits per heavy atom. The summed E-state index contributed by atoms with van der Waals surface area (Å²) in [4.78, 5) is 7.42. The SMILES string of the molecule is CCc1nc2cc(NS(C)(=O)=O)ccc2n1-c1ccc(CCN=[N+]=[N-])cc1. The molecule has 0 saturated heterocycles. The first kappa shape index (κ1) is 18.8. The number of aryl methyl sites for hydroxylation is 1. The highest BCUT2D eigenvalue weighted by molar-refractivity contribution is 7.92. The number of azide groups is 1. The molecule has 0 aliphatic carbocycles. The van der Waals surface area contributed by atoms with Crippen LogP contribution in [0.2, 0.25) is 0 Å². The van der Waals surface area contributed by atoms with Crippen molar-refractivity contribution >= 4 is 26.7 Å². The van der Waals surface area contributed by atoms with Crippen LogP contribution in [0.1, 0.15) is 18.3 Å². The Morgan fingerprint density at radius 2 is 1.96 bits per heavy atom. The van der Waals surface area contributed by atoms with Gasteiger partial charge >= 0.3 is 0 Å². The Morgan fingerprint density at radius 3 is 2.59 bits per heavy atom. The van der Waals surface area contributed by atoms with Crippen molar-refractivity contribution in [2.75, 3.05) is 17.5 Å². The van der Waals surface area contributed by atoms with Crippen molar-refractivity contribution in [1.82, 2.24) is 9.55 Å². The first-order valence-corrected chi connectivity index (χ1v) is 10.4. The Hall–Kier alpha value is -3.03. The molecule has 8 nitrogen and oxygen atoms in total. The predicted molar refractivity (Wildman–Crippen MR) is 107 cm³/mol. The fraction of sp³-hybridized carbons (Fsp3) is 0.278. The molecule has 0 spiro atoms. The van der Waals surface area contributed by atoms with E-state index in [1.807, 2.05) is 37.3 Å². The van der Waals surface area contributed by atoms with Gasteiger partial charge in [-0.3, -0.25) is 9.29 Å². The Bertz CT molecular complexity index is 1110. The van der Waals surface area contributed by atoms with Gasteiger partial charge in [0.15, 0.2) is 0 Å². The second-order valence-electron chi connectivity index (χ2n) is 6.17. The van der Waals surface area contributed by atoms with Crippen LogP contribution in [0.4, 0.5) is 5.69 Å². The number of imidazole rings is 1. The fourth-order valence-corrected chi connectivity index (χ4v) is 3.52. The molecule has 0 radical (unpaired) electrons. The molecule has 0 aliphatic rings. The number of aromatic nitrogens is 2. The van der Waals surface area contributed by atoms with Crippen LogP contribution in [-0.4, -0.2) is 30.8 Å². The summed E-state index contributed by atoms with van der Waals surface area (Å²) >= 11 is 0. The molecular weight excluding hydrogens is 364 g/mol. The lowest BCUT2D eigenvalue weighted by atomic mass is 10.1. The summed E-state index contributed by atoms with van der Waals surface area (Å²) in [6, 6.07) is 13.4. The van der Waals surface area contributed by atoms with Gasteiger partial charge in [0, 0.05) is 23.6 Å². The zero-order valence-corrected chi connectivity index (χ0v) is 15.9. The molecule has 0 saturated carbocycles. The molecule has 0 atom stereocenters. The van der Waals surface area contributed by atoms with Gasteiger partial charge in [0.1, 0.15) is 5.82 Å². The lowest BCUT2D eigenvalue weighted by Crippen LogP contribution is -2.09. The molecule has 0 amide bonds. The Balaban J connectivity index is 1.99. The standard InChI is InChI=1S/C18H20N6O2S/c1-3-18-21-16-12-14(22-27(2,25)26)6-9-17(16)24(18)15-7-4-13(5-8-15)10-11-20-23-19/h4-9,12,22H,3,10-11H2,1-2H3. The average Bonchev–Trinajstić information content (AvgIpc) is 2.99. The van der Waals surface area contributed by atoms with E-state index in [0.717, 1.165) is 40.8 Å². The molecule has 0 fully saturated rings. The van der Waals surface area contributed by atoms with E-state index < -0.39 is 10.0 Å². The zero-order chi connectivity index (χ0) is 19.4. The number of hydrogen-bond acceptors (Lipinski definition) is 4. The number of nitrogens with zero attached hydrogens (tertiary/aromatic N) is 5. The number of fused-ring (bicyclic) bond motifs is 1. The van der Waals surface area contributed by atoms with E-state index in [4.69, 9.17) is 5.53 Å². The molecule has 0 bridgehead atoms. The fourth-order valence-electron chi connectivity index (χ4n) is 2.97. The molecule has 3 aromatic rings. The van der Waals surface area contributed by atoms with Crippen molar-refractivity contribution in [1.29, 1.82) is 0 Å². The second kappa shape index (κ2) is 7.69. The van der Waals surface area contributed by atoms with Gasteiger partial charge in [0.05, 0.1) is 23.0 Å². The maximum absolute atomic E-state index is 11.4. The third kappa shape index (κ3) is 4.39. The van der Waals surface area contributed by atoms with Gasteiger partial charge in [0.25, 0.3) is 0 Å². The molecule has 3 rings (SSSR count). The average molecular weight is 384 g/mol. The largest absolute Gasteiger partial charge is 0.296 e. The summed E-state index contributed by atoms with van der Waals surface area (Å²) in [6.45, 7) is 2.46. The van der Waals surface area contributed by atoms with E-state index in [1.165, 1.54) is 0 Å². The number of nitrogens with one attached hydrogen (secondary N) is 1. The van der Waals surface area contributed by atoms with E-state index in [0.29, 0.717) is 18.7 Å².